The molecular formula is C28H33N5O8S. The molecule has 3 aromatic rings. The summed E-state index contributed by atoms with van der Waals surface area (Å²) in [5.74, 6) is -4.96. The monoisotopic (exact) mass is 599 g/mol. The maximum absolute atomic E-state index is 13.7. The van der Waals surface area contributed by atoms with Gasteiger partial charge < -0.3 is 42.0 Å². The number of H-pyrrole nitrogens is 1. The Bertz CT molecular complexity index is 1430. The molecule has 42 heavy (non-hydrogen) atoms. The average molecular weight is 600 g/mol. The molecule has 224 valence electrons. The van der Waals surface area contributed by atoms with Crippen molar-refractivity contribution in [3.8, 4) is 5.75 Å². The lowest BCUT2D eigenvalue weighted by molar-refractivity contribution is -0.141. The Kier molecular flexibility index (Phi) is 11.3. The van der Waals surface area contributed by atoms with Gasteiger partial charge in [-0.3, -0.25) is 19.2 Å². The molecule has 4 atom stereocenters. The SMILES string of the molecule is NC(CCC(=O)O)C(=O)NC(Cc1c[nH]c2ccccc12)C(=O)NC(Cc1ccc(O)cc1)C(=O)NC(CS)C(=O)O. The maximum Gasteiger partial charge on any atom is 0.327 e. The second kappa shape index (κ2) is 14.9. The van der Waals surface area contributed by atoms with E-state index in [1.165, 1.54) is 12.1 Å². The van der Waals surface area contributed by atoms with Crippen LogP contribution in [-0.2, 0) is 36.8 Å². The number of aromatic nitrogens is 1. The number of carbonyl (C=O) groups is 5. The molecule has 0 fully saturated rings. The van der Waals surface area contributed by atoms with Crippen molar-refractivity contribution in [3.05, 3.63) is 65.9 Å². The zero-order valence-electron chi connectivity index (χ0n) is 22.4. The van der Waals surface area contributed by atoms with Gasteiger partial charge in [0, 0.05) is 42.1 Å². The number of phenols is 1. The Hall–Kier alpha value is -4.56. The summed E-state index contributed by atoms with van der Waals surface area (Å²) in [6.07, 6.45) is 1.11. The molecule has 13 nitrogen and oxygen atoms in total. The lowest BCUT2D eigenvalue weighted by atomic mass is 10.0. The summed E-state index contributed by atoms with van der Waals surface area (Å²) < 4.78 is 0. The largest absolute Gasteiger partial charge is 0.508 e. The van der Waals surface area contributed by atoms with Crippen LogP contribution in [0, 0.1) is 0 Å². The van der Waals surface area contributed by atoms with E-state index in [9.17, 15) is 34.2 Å². The fourth-order valence-corrected chi connectivity index (χ4v) is 4.47. The lowest BCUT2D eigenvalue weighted by Gasteiger charge is -2.25. The third-order valence-corrected chi connectivity index (χ3v) is 6.91. The number of phenolic OH excluding ortho intramolecular Hbond substituents is 1. The number of hydrogen-bond donors (Lipinski definition) is 9. The molecule has 0 aliphatic heterocycles. The highest BCUT2D eigenvalue weighted by atomic mass is 32.1. The van der Waals surface area contributed by atoms with Gasteiger partial charge in [-0.2, -0.15) is 12.6 Å². The number of rotatable bonds is 15. The molecule has 14 heteroatoms. The van der Waals surface area contributed by atoms with Crippen molar-refractivity contribution in [2.45, 2.75) is 49.9 Å². The molecule has 0 aliphatic rings. The number of aromatic hydroxyl groups is 1. The van der Waals surface area contributed by atoms with Gasteiger partial charge in [0.05, 0.1) is 6.04 Å². The zero-order chi connectivity index (χ0) is 30.8. The minimum absolute atomic E-state index is 0.00479. The van der Waals surface area contributed by atoms with Crippen LogP contribution < -0.4 is 21.7 Å². The minimum atomic E-state index is -1.32. The van der Waals surface area contributed by atoms with Crippen LogP contribution in [0.25, 0.3) is 10.9 Å². The van der Waals surface area contributed by atoms with E-state index in [4.69, 9.17) is 10.8 Å². The molecule has 1 heterocycles. The number of aromatic amines is 1. The van der Waals surface area contributed by atoms with E-state index in [1.54, 1.807) is 18.3 Å². The Morgan fingerprint density at radius 1 is 0.833 bits per heavy atom. The van der Waals surface area contributed by atoms with Crippen LogP contribution in [-0.4, -0.2) is 79.9 Å². The maximum atomic E-state index is 13.7. The molecule has 0 spiro atoms. The smallest absolute Gasteiger partial charge is 0.327 e. The molecule has 0 bridgehead atoms. The Morgan fingerprint density at radius 3 is 2.05 bits per heavy atom. The van der Waals surface area contributed by atoms with Crippen molar-refractivity contribution in [1.82, 2.24) is 20.9 Å². The molecule has 2 aromatic carbocycles. The Morgan fingerprint density at radius 2 is 1.43 bits per heavy atom. The first-order valence-corrected chi connectivity index (χ1v) is 13.7. The van der Waals surface area contributed by atoms with Crippen LogP contribution in [0.4, 0.5) is 0 Å². The number of nitrogens with one attached hydrogen (secondary N) is 4. The molecule has 9 N–H and O–H groups in total. The number of carboxylic acid groups (broad SMARTS) is 2. The van der Waals surface area contributed by atoms with Crippen molar-refractivity contribution in [1.29, 1.82) is 0 Å². The zero-order valence-corrected chi connectivity index (χ0v) is 23.3. The number of amides is 3. The number of carboxylic acids is 2. The van der Waals surface area contributed by atoms with Crippen LogP contribution in [0.5, 0.6) is 5.75 Å². The predicted molar refractivity (Wildman–Crippen MR) is 156 cm³/mol. The summed E-state index contributed by atoms with van der Waals surface area (Å²) in [6, 6.07) is 8.17. The molecule has 4 unspecified atom stereocenters. The number of para-hydroxylation sites is 1. The van der Waals surface area contributed by atoms with E-state index in [1.807, 2.05) is 24.3 Å². The normalized spacial score (nSPS) is 13.9. The average Bonchev–Trinajstić information content (AvgIpc) is 3.37. The minimum Gasteiger partial charge on any atom is -0.508 e. The van der Waals surface area contributed by atoms with Gasteiger partial charge in [-0.25, -0.2) is 4.79 Å². The van der Waals surface area contributed by atoms with E-state index < -0.39 is 53.8 Å². The quantitative estimate of drug-likeness (QED) is 0.110. The molecule has 0 radical (unpaired) electrons. The summed E-state index contributed by atoms with van der Waals surface area (Å²) in [4.78, 5) is 65.2. The third kappa shape index (κ3) is 8.97. The molecule has 3 rings (SSSR count). The van der Waals surface area contributed by atoms with Gasteiger partial charge in [-0.15, -0.1) is 0 Å². The lowest BCUT2D eigenvalue weighted by Crippen LogP contribution is -2.58. The van der Waals surface area contributed by atoms with E-state index in [-0.39, 0.29) is 37.2 Å². The highest BCUT2D eigenvalue weighted by Gasteiger charge is 2.31. The first kappa shape index (κ1) is 32.0. The van der Waals surface area contributed by atoms with E-state index in [0.29, 0.717) is 11.1 Å². The highest BCUT2D eigenvalue weighted by Crippen LogP contribution is 2.20. The summed E-state index contributed by atoms with van der Waals surface area (Å²) in [5, 5.41) is 36.3. The number of carbonyl (C=O) groups excluding carboxylic acids is 3. The van der Waals surface area contributed by atoms with Crippen LogP contribution >= 0.6 is 12.6 Å². The van der Waals surface area contributed by atoms with Crippen LogP contribution in [0.1, 0.15) is 24.0 Å². The summed E-state index contributed by atoms with van der Waals surface area (Å²) >= 11 is 3.97. The first-order chi connectivity index (χ1) is 20.0. The molecule has 0 aliphatic carbocycles. The van der Waals surface area contributed by atoms with Crippen LogP contribution in [0.2, 0.25) is 0 Å². The number of thiol groups is 1. The number of fused-ring (bicyclic) bond motifs is 1. The second-order valence-corrected chi connectivity index (χ2v) is 10.0. The number of hydrogen-bond acceptors (Lipinski definition) is 8. The van der Waals surface area contributed by atoms with Crippen molar-refractivity contribution in [2.24, 2.45) is 5.73 Å². The van der Waals surface area contributed by atoms with Crippen molar-refractivity contribution in [2.75, 3.05) is 5.75 Å². The number of aliphatic carboxylic acids is 2. The molecule has 3 amide bonds. The van der Waals surface area contributed by atoms with E-state index >= 15 is 0 Å². The Labute approximate surface area is 246 Å². The molecular weight excluding hydrogens is 566 g/mol. The Balaban J connectivity index is 1.88. The standard InChI is InChI=1S/C28H33N5O8S/c29-19(9-10-24(35)36)25(37)31-22(12-16-13-30-20-4-2-1-3-18(16)20)27(39)32-21(11-15-5-7-17(34)8-6-15)26(38)33-23(14-42)28(40)41/h1-8,13,19,21-23,30,34,42H,9-12,14,29H2,(H,31,37)(H,32,39)(H,33,38)(H,35,36)(H,40,41). The summed E-state index contributed by atoms with van der Waals surface area (Å²) in [5.41, 5.74) is 7.92. The predicted octanol–water partition coefficient (Wildman–Crippen LogP) is 0.320. The first-order valence-electron chi connectivity index (χ1n) is 13.0. The van der Waals surface area contributed by atoms with Crippen LogP contribution in [0.15, 0.2) is 54.7 Å². The van der Waals surface area contributed by atoms with Gasteiger partial charge >= 0.3 is 11.9 Å². The van der Waals surface area contributed by atoms with E-state index in [2.05, 4.69) is 33.6 Å². The summed E-state index contributed by atoms with van der Waals surface area (Å²) in [6.45, 7) is 0. The number of nitrogens with two attached hydrogens (primary N) is 1. The second-order valence-electron chi connectivity index (χ2n) is 9.68. The van der Waals surface area contributed by atoms with Gasteiger partial charge in [-0.05, 0) is 35.7 Å². The van der Waals surface area contributed by atoms with Crippen molar-refractivity contribution in [3.63, 3.8) is 0 Å². The fraction of sp³-hybridized carbons (Fsp3) is 0.321. The number of benzene rings is 2. The third-order valence-electron chi connectivity index (χ3n) is 6.54. The molecule has 1 aromatic heterocycles. The highest BCUT2D eigenvalue weighted by molar-refractivity contribution is 7.80. The van der Waals surface area contributed by atoms with Gasteiger partial charge in [0.2, 0.25) is 17.7 Å². The van der Waals surface area contributed by atoms with Gasteiger partial charge in [0.15, 0.2) is 0 Å². The van der Waals surface area contributed by atoms with Gasteiger partial charge in [0.1, 0.15) is 23.9 Å². The van der Waals surface area contributed by atoms with Crippen LogP contribution in [0.3, 0.4) is 0 Å². The fourth-order valence-electron chi connectivity index (χ4n) is 4.23. The molecule has 0 saturated heterocycles. The molecule has 0 saturated carbocycles. The van der Waals surface area contributed by atoms with Gasteiger partial charge in [0.25, 0.3) is 0 Å². The topological polar surface area (TPSA) is 224 Å². The summed E-state index contributed by atoms with van der Waals surface area (Å²) in [7, 11) is 0. The van der Waals surface area contributed by atoms with Crippen molar-refractivity contribution >= 4 is 53.2 Å². The van der Waals surface area contributed by atoms with Gasteiger partial charge in [-0.1, -0.05) is 30.3 Å². The van der Waals surface area contributed by atoms with Crippen molar-refractivity contribution < 1.29 is 39.3 Å². The van der Waals surface area contributed by atoms with E-state index in [0.717, 1.165) is 10.9 Å².